The molecule has 0 amide bonds. The second kappa shape index (κ2) is 11.5. The van der Waals surface area contributed by atoms with Gasteiger partial charge in [-0.15, -0.1) is 0 Å². The van der Waals surface area contributed by atoms with E-state index in [1.54, 1.807) is 0 Å². The molecule has 0 N–H and O–H groups in total. The van der Waals surface area contributed by atoms with Crippen molar-refractivity contribution in [3.05, 3.63) is 70.3 Å². The fraction of sp³-hybridized carbons (Fsp3) is 0.500. The van der Waals surface area contributed by atoms with Crippen LogP contribution in [0.1, 0.15) is 113 Å². The lowest BCUT2D eigenvalue weighted by atomic mass is 9.82. The maximum atomic E-state index is 13.9. The first-order valence-corrected chi connectivity index (χ1v) is 13.7. The van der Waals surface area contributed by atoms with Gasteiger partial charge in [-0.2, -0.15) is 0 Å². The van der Waals surface area contributed by atoms with Crippen molar-refractivity contribution in [3.8, 4) is 11.5 Å². The molecule has 1 heterocycles. The van der Waals surface area contributed by atoms with E-state index in [2.05, 4.69) is 19.9 Å². The fourth-order valence-electron chi connectivity index (χ4n) is 5.53. The minimum atomic E-state index is -1.52. The lowest BCUT2D eigenvalue weighted by molar-refractivity contribution is -0.172. The van der Waals surface area contributed by atoms with Crippen molar-refractivity contribution in [2.75, 3.05) is 0 Å². The van der Waals surface area contributed by atoms with E-state index in [9.17, 15) is 9.59 Å². The van der Waals surface area contributed by atoms with Gasteiger partial charge in [0.2, 0.25) is 0 Å². The summed E-state index contributed by atoms with van der Waals surface area (Å²) in [6, 6.07) is 11.4. The first-order chi connectivity index (χ1) is 17.7. The van der Waals surface area contributed by atoms with Gasteiger partial charge < -0.3 is 14.2 Å². The summed E-state index contributed by atoms with van der Waals surface area (Å²) in [5.41, 5.74) is 4.22. The molecule has 0 aromatic heterocycles. The van der Waals surface area contributed by atoms with Crippen LogP contribution >= 0.6 is 0 Å². The van der Waals surface area contributed by atoms with Crippen LogP contribution in [0.25, 0.3) is 0 Å². The normalized spacial score (nSPS) is 21.1. The van der Waals surface area contributed by atoms with Crippen molar-refractivity contribution in [3.63, 3.8) is 0 Å². The summed E-state index contributed by atoms with van der Waals surface area (Å²) >= 11 is 0. The minimum Gasteiger partial charge on any atom is -0.491 e. The van der Waals surface area contributed by atoms with Crippen molar-refractivity contribution < 1.29 is 23.8 Å². The van der Waals surface area contributed by atoms with Crippen LogP contribution in [-0.2, 0) is 21.7 Å². The fourth-order valence-corrected chi connectivity index (χ4v) is 5.53. The summed E-state index contributed by atoms with van der Waals surface area (Å²) < 4.78 is 19.3. The van der Waals surface area contributed by atoms with E-state index < -0.39 is 11.8 Å². The maximum Gasteiger partial charge on any atom is 0.345 e. The molecule has 1 aliphatic heterocycles. The van der Waals surface area contributed by atoms with Crippen LogP contribution in [0.4, 0.5) is 0 Å². The molecule has 1 unspecified atom stereocenters. The summed E-state index contributed by atoms with van der Waals surface area (Å²) in [4.78, 5) is 26.4. The predicted octanol–water partition coefficient (Wildman–Crippen LogP) is 7.80. The molecule has 2 aromatic rings. The van der Waals surface area contributed by atoms with E-state index in [1.807, 2.05) is 50.2 Å². The monoisotopic (exact) mass is 504 g/mol. The van der Waals surface area contributed by atoms with Crippen molar-refractivity contribution in [1.29, 1.82) is 0 Å². The third-order valence-corrected chi connectivity index (χ3v) is 7.14. The Morgan fingerprint density at radius 1 is 1.16 bits per heavy atom. The van der Waals surface area contributed by atoms with Gasteiger partial charge in [0, 0.05) is 17.0 Å². The number of cyclic esters (lactones) is 1. The Morgan fingerprint density at radius 3 is 2.57 bits per heavy atom. The van der Waals surface area contributed by atoms with Crippen LogP contribution in [-0.4, -0.2) is 17.9 Å². The number of aryl methyl sites for hydroxylation is 1. The Labute approximate surface area is 221 Å². The number of carbonyl (C=O) groups excluding carboxylic acids is 2. The number of fused-ring (bicyclic) bond motifs is 1. The molecule has 4 rings (SSSR count). The highest BCUT2D eigenvalue weighted by atomic mass is 16.7. The van der Waals surface area contributed by atoms with Crippen molar-refractivity contribution in [2.45, 2.75) is 104 Å². The molecule has 5 nitrogen and oxygen atoms in total. The standard InChI is InChI=1S/C32H40O5/c1-6-7-9-14-25-19-27(35-21(2)3)28(24-15-12-13-22(4)18-24)30-29(25)31(34)37-32(36-30,20-23(5)33)26-16-10-8-11-17-26/h8,10-11,16-19,21,24H,6-7,9,12-15,20H2,1-5H3/t24-,32?/m0/s1. The SMILES string of the molecule is CCCCCc1cc(OC(C)C)c([C@@H]2C=C(C)CCC2)c2c1C(=O)OC(CC(C)=O)(c1ccccc1)O2. The number of allylic oxidation sites excluding steroid dienone is 2. The quantitative estimate of drug-likeness (QED) is 0.188. The zero-order valence-electron chi connectivity index (χ0n) is 22.9. The highest BCUT2D eigenvalue weighted by Crippen LogP contribution is 2.51. The molecular weight excluding hydrogens is 464 g/mol. The number of benzene rings is 2. The Morgan fingerprint density at radius 2 is 1.92 bits per heavy atom. The number of hydrogen-bond acceptors (Lipinski definition) is 5. The number of ketones is 1. The van der Waals surface area contributed by atoms with Crippen LogP contribution in [0.15, 0.2) is 48.0 Å². The number of carbonyl (C=O) groups is 2. The topological polar surface area (TPSA) is 61.8 Å². The molecule has 0 radical (unpaired) electrons. The molecule has 0 saturated heterocycles. The molecule has 2 aliphatic rings. The highest BCUT2D eigenvalue weighted by Gasteiger charge is 2.48. The van der Waals surface area contributed by atoms with Gasteiger partial charge in [-0.3, -0.25) is 4.79 Å². The Hall–Kier alpha value is -3.08. The average molecular weight is 505 g/mol. The van der Waals surface area contributed by atoms with Gasteiger partial charge in [-0.25, -0.2) is 4.79 Å². The van der Waals surface area contributed by atoms with Crippen LogP contribution in [0.2, 0.25) is 0 Å². The second-order valence-electron chi connectivity index (χ2n) is 10.8. The molecule has 2 aromatic carbocycles. The lowest BCUT2D eigenvalue weighted by Gasteiger charge is -2.40. The van der Waals surface area contributed by atoms with Crippen LogP contribution in [0, 0.1) is 0 Å². The zero-order valence-corrected chi connectivity index (χ0v) is 22.9. The first kappa shape index (κ1) is 27.0. The van der Waals surface area contributed by atoms with Gasteiger partial charge in [-0.05, 0) is 71.4 Å². The van der Waals surface area contributed by atoms with Crippen LogP contribution in [0.5, 0.6) is 11.5 Å². The summed E-state index contributed by atoms with van der Waals surface area (Å²) in [6.07, 6.45) is 9.07. The summed E-state index contributed by atoms with van der Waals surface area (Å²) in [5, 5.41) is 0. The van der Waals surface area contributed by atoms with E-state index in [0.717, 1.165) is 61.8 Å². The molecule has 37 heavy (non-hydrogen) atoms. The molecule has 1 aliphatic carbocycles. The minimum absolute atomic E-state index is 0.0411. The summed E-state index contributed by atoms with van der Waals surface area (Å²) in [7, 11) is 0. The average Bonchev–Trinajstić information content (AvgIpc) is 2.83. The summed E-state index contributed by atoms with van der Waals surface area (Å²) in [6.45, 7) is 9.85. The van der Waals surface area contributed by atoms with Crippen molar-refractivity contribution in [2.24, 2.45) is 0 Å². The lowest BCUT2D eigenvalue weighted by Crippen LogP contribution is -2.44. The second-order valence-corrected chi connectivity index (χ2v) is 10.8. The van der Waals surface area contributed by atoms with Gasteiger partial charge in [0.05, 0.1) is 12.5 Å². The molecule has 0 bridgehead atoms. The van der Waals surface area contributed by atoms with Gasteiger partial charge in [-0.1, -0.05) is 61.7 Å². The first-order valence-electron chi connectivity index (χ1n) is 13.7. The van der Waals surface area contributed by atoms with E-state index in [4.69, 9.17) is 14.2 Å². The van der Waals surface area contributed by atoms with Crippen LogP contribution < -0.4 is 9.47 Å². The zero-order chi connectivity index (χ0) is 26.6. The number of unbranched alkanes of at least 4 members (excludes halogenated alkanes) is 2. The number of hydrogen-bond donors (Lipinski definition) is 0. The van der Waals surface area contributed by atoms with Gasteiger partial charge in [0.1, 0.15) is 22.8 Å². The van der Waals surface area contributed by atoms with E-state index in [1.165, 1.54) is 12.5 Å². The Bertz CT molecular complexity index is 1160. The van der Waals surface area contributed by atoms with E-state index >= 15 is 0 Å². The van der Waals surface area contributed by atoms with E-state index in [0.29, 0.717) is 16.9 Å². The van der Waals surface area contributed by atoms with Crippen molar-refractivity contribution >= 4 is 11.8 Å². The molecule has 5 heteroatoms. The number of ether oxygens (including phenoxy) is 3. The number of Topliss-reactive ketones (excluding diaryl/α,β-unsaturated/α-hetero) is 1. The number of rotatable bonds is 10. The summed E-state index contributed by atoms with van der Waals surface area (Å²) in [5.74, 6) is -0.744. The molecule has 198 valence electrons. The maximum absolute atomic E-state index is 13.9. The van der Waals surface area contributed by atoms with E-state index in [-0.39, 0.29) is 24.2 Å². The predicted molar refractivity (Wildman–Crippen MR) is 145 cm³/mol. The van der Waals surface area contributed by atoms with Gasteiger partial charge >= 0.3 is 5.97 Å². The smallest absolute Gasteiger partial charge is 0.345 e. The molecule has 0 saturated carbocycles. The van der Waals surface area contributed by atoms with Crippen LogP contribution in [0.3, 0.4) is 0 Å². The third kappa shape index (κ3) is 5.92. The third-order valence-electron chi connectivity index (χ3n) is 7.14. The van der Waals surface area contributed by atoms with Gasteiger partial charge in [0.25, 0.3) is 5.79 Å². The molecular formula is C32H40O5. The molecule has 2 atom stereocenters. The highest BCUT2D eigenvalue weighted by molar-refractivity contribution is 5.97. The van der Waals surface area contributed by atoms with Crippen molar-refractivity contribution in [1.82, 2.24) is 0 Å². The van der Waals surface area contributed by atoms with Gasteiger partial charge in [0.15, 0.2) is 0 Å². The largest absolute Gasteiger partial charge is 0.491 e. The Balaban J connectivity index is 1.97. The number of esters is 1. The molecule has 0 fully saturated rings. The Kier molecular flexibility index (Phi) is 8.41. The molecule has 0 spiro atoms.